The number of hydrogen-bond donors (Lipinski definition) is 4. The Morgan fingerprint density at radius 1 is 1.31 bits per heavy atom. The van der Waals surface area contributed by atoms with Gasteiger partial charge in [0.2, 0.25) is 12.3 Å². The van der Waals surface area contributed by atoms with E-state index in [1.807, 2.05) is 0 Å². The van der Waals surface area contributed by atoms with Gasteiger partial charge in [0.05, 0.1) is 16.7 Å². The number of ketones is 1. The van der Waals surface area contributed by atoms with Crippen molar-refractivity contribution in [3.05, 3.63) is 51.0 Å². The maximum Gasteiger partial charge on any atom is 0.338 e. The molecule has 16 heteroatoms. The molecule has 1 aromatic heterocycles. The fourth-order valence-electron chi connectivity index (χ4n) is 3.83. The summed E-state index contributed by atoms with van der Waals surface area (Å²) < 4.78 is 0. The molecule has 2 saturated heterocycles. The summed E-state index contributed by atoms with van der Waals surface area (Å²) in [4.78, 5) is 75.1. The minimum Gasteiger partial charge on any atom is -0.479 e. The Morgan fingerprint density at radius 3 is 2.61 bits per heavy atom. The van der Waals surface area contributed by atoms with E-state index in [2.05, 4.69) is 15.6 Å². The Morgan fingerprint density at radius 2 is 2.00 bits per heavy atom. The second-order valence-corrected chi connectivity index (χ2v) is 10.1. The SMILES string of the molecule is O=CNc1nc(C(=O)C(=O)NC2C(=O)N3CC(O)(C(=O)O)C(Cc4ccc([N+](=O)[O-])cc4)S[C@H]23)cs1. The van der Waals surface area contributed by atoms with Crippen LogP contribution in [0.25, 0.3) is 0 Å². The number of aliphatic hydroxyl groups is 1. The lowest BCUT2D eigenvalue weighted by Crippen LogP contribution is -2.77. The first-order chi connectivity index (χ1) is 17.0. The normalized spacial score (nSPS) is 24.8. The number of thiazole rings is 1. The van der Waals surface area contributed by atoms with Crippen molar-refractivity contribution in [3.63, 3.8) is 0 Å². The third-order valence-corrected chi connectivity index (χ3v) is 8.20. The smallest absolute Gasteiger partial charge is 0.338 e. The Hall–Kier alpha value is -3.89. The Kier molecular flexibility index (Phi) is 6.75. The number of rotatable bonds is 9. The number of carboxylic acid groups (broad SMARTS) is 1. The van der Waals surface area contributed by atoms with Crippen LogP contribution in [0.2, 0.25) is 0 Å². The van der Waals surface area contributed by atoms with Gasteiger partial charge in [-0.05, 0) is 12.0 Å². The third kappa shape index (κ3) is 4.52. The summed E-state index contributed by atoms with van der Waals surface area (Å²) in [5.74, 6) is -4.34. The first kappa shape index (κ1) is 25.2. The van der Waals surface area contributed by atoms with E-state index in [1.54, 1.807) is 0 Å². The van der Waals surface area contributed by atoms with Crippen molar-refractivity contribution < 1.29 is 39.1 Å². The van der Waals surface area contributed by atoms with Gasteiger partial charge in [0.25, 0.3) is 17.4 Å². The van der Waals surface area contributed by atoms with Crippen LogP contribution in [0.3, 0.4) is 0 Å². The van der Waals surface area contributed by atoms with Crippen LogP contribution in [0.4, 0.5) is 10.8 Å². The van der Waals surface area contributed by atoms with E-state index >= 15 is 0 Å². The molecule has 0 bridgehead atoms. The number of nitrogens with one attached hydrogen (secondary N) is 2. The van der Waals surface area contributed by atoms with Gasteiger partial charge in [0.1, 0.15) is 17.1 Å². The summed E-state index contributed by atoms with van der Waals surface area (Å²) in [7, 11) is 0. The highest BCUT2D eigenvalue weighted by molar-refractivity contribution is 8.00. The van der Waals surface area contributed by atoms with Crippen molar-refractivity contribution in [1.82, 2.24) is 15.2 Å². The van der Waals surface area contributed by atoms with Gasteiger partial charge >= 0.3 is 5.97 Å². The molecule has 188 valence electrons. The molecule has 0 spiro atoms. The number of carbonyl (C=O) groups excluding carboxylic acids is 4. The quantitative estimate of drug-likeness (QED) is 0.0812. The zero-order chi connectivity index (χ0) is 26.2. The minimum absolute atomic E-state index is 0.00885. The first-order valence-electron chi connectivity index (χ1n) is 10.2. The molecule has 3 unspecified atom stereocenters. The van der Waals surface area contributed by atoms with Crippen LogP contribution < -0.4 is 10.6 Å². The molecule has 2 fully saturated rings. The first-order valence-corrected chi connectivity index (χ1v) is 12.0. The topological polar surface area (TPSA) is 209 Å². The fourth-order valence-corrected chi connectivity index (χ4v) is 6.17. The average Bonchev–Trinajstić information content (AvgIpc) is 3.32. The number of aromatic nitrogens is 1. The number of thioether (sulfide) groups is 1. The number of Topliss-reactive ketones (excluding diaryl/α,β-unsaturated/α-hetero) is 1. The molecule has 2 aromatic rings. The van der Waals surface area contributed by atoms with Crippen LogP contribution in [0.1, 0.15) is 16.1 Å². The number of nitrogens with zero attached hydrogens (tertiary/aromatic N) is 3. The maximum atomic E-state index is 12.6. The zero-order valence-electron chi connectivity index (χ0n) is 18.0. The Labute approximate surface area is 209 Å². The van der Waals surface area contributed by atoms with Crippen molar-refractivity contribution in [2.24, 2.45) is 0 Å². The summed E-state index contributed by atoms with van der Waals surface area (Å²) in [5, 5.41) is 35.7. The van der Waals surface area contributed by atoms with Crippen LogP contribution in [0, 0.1) is 10.1 Å². The second-order valence-electron chi connectivity index (χ2n) is 7.92. The van der Waals surface area contributed by atoms with Gasteiger partial charge < -0.3 is 25.7 Å². The predicted molar refractivity (Wildman–Crippen MR) is 124 cm³/mol. The van der Waals surface area contributed by atoms with E-state index in [0.29, 0.717) is 12.0 Å². The molecule has 3 amide bonds. The molecule has 4 rings (SSSR count). The maximum absolute atomic E-state index is 12.6. The number of carboxylic acids is 1. The highest BCUT2D eigenvalue weighted by Gasteiger charge is 2.61. The second kappa shape index (κ2) is 9.63. The van der Waals surface area contributed by atoms with E-state index in [1.165, 1.54) is 29.6 Å². The predicted octanol–water partition coefficient (Wildman–Crippen LogP) is -0.371. The van der Waals surface area contributed by atoms with Crippen molar-refractivity contribution in [2.45, 2.75) is 28.7 Å². The molecule has 3 heterocycles. The molecular weight excluding hydrogens is 518 g/mol. The van der Waals surface area contributed by atoms with Gasteiger partial charge in [-0.25, -0.2) is 9.78 Å². The molecule has 2 aliphatic heterocycles. The summed E-state index contributed by atoms with van der Waals surface area (Å²) >= 11 is 1.87. The van der Waals surface area contributed by atoms with Crippen LogP contribution in [-0.4, -0.2) is 83.8 Å². The number of fused-ring (bicyclic) bond motifs is 1. The van der Waals surface area contributed by atoms with Gasteiger partial charge in [-0.1, -0.05) is 12.1 Å². The van der Waals surface area contributed by atoms with Crippen molar-refractivity contribution >= 4 is 63.9 Å². The number of nitro benzene ring substituents is 1. The minimum atomic E-state index is -2.31. The summed E-state index contributed by atoms with van der Waals surface area (Å²) in [6.45, 7) is -0.538. The molecule has 14 nitrogen and oxygen atoms in total. The number of β-lactam (4-membered cyclic amide) rings is 1. The lowest BCUT2D eigenvalue weighted by Gasteiger charge is -2.55. The lowest BCUT2D eigenvalue weighted by molar-refractivity contribution is -0.384. The molecule has 4 atom stereocenters. The Balaban J connectivity index is 1.48. The number of anilines is 1. The van der Waals surface area contributed by atoms with E-state index in [-0.39, 0.29) is 22.9 Å². The third-order valence-electron chi connectivity index (χ3n) is 5.74. The molecule has 2 aliphatic rings. The van der Waals surface area contributed by atoms with Gasteiger partial charge in [0, 0.05) is 17.5 Å². The molecule has 0 aliphatic carbocycles. The number of carbonyl (C=O) groups is 5. The van der Waals surface area contributed by atoms with Gasteiger partial charge in [-0.2, -0.15) is 0 Å². The number of nitro groups is 1. The van der Waals surface area contributed by atoms with E-state index in [0.717, 1.165) is 28.0 Å². The molecule has 0 radical (unpaired) electrons. The fraction of sp³-hybridized carbons (Fsp3) is 0.300. The van der Waals surface area contributed by atoms with Crippen LogP contribution >= 0.6 is 23.1 Å². The van der Waals surface area contributed by atoms with E-state index in [4.69, 9.17) is 0 Å². The van der Waals surface area contributed by atoms with Gasteiger partial charge in [-0.3, -0.25) is 29.3 Å². The standard InChI is InChI=1S/C20H17N5O9S2/c26-8-21-19-22-11(6-35-19)14(27)15(28)23-13-16(29)24-7-20(32,18(30)31)12(36-17(13)24)5-9-1-3-10(4-2-9)25(33)34/h1-4,6,8,12-13,17,32H,5,7H2,(H,23,28)(H,30,31)(H,21,22,26)/t12?,13?,17-,20?/m1/s1. The number of non-ortho nitro benzene ring substituents is 1. The van der Waals surface area contributed by atoms with Gasteiger partial charge in [-0.15, -0.1) is 23.1 Å². The number of benzene rings is 1. The highest BCUT2D eigenvalue weighted by atomic mass is 32.2. The summed E-state index contributed by atoms with van der Waals surface area (Å²) in [5.41, 5.74) is -2.17. The highest BCUT2D eigenvalue weighted by Crippen LogP contribution is 2.44. The van der Waals surface area contributed by atoms with Crippen LogP contribution in [0.5, 0.6) is 0 Å². The van der Waals surface area contributed by atoms with Crippen molar-refractivity contribution in [3.8, 4) is 0 Å². The van der Waals surface area contributed by atoms with Crippen LogP contribution in [0.15, 0.2) is 29.6 Å². The van der Waals surface area contributed by atoms with Crippen LogP contribution in [-0.2, 0) is 25.6 Å². The Bertz CT molecular complexity index is 1270. The van der Waals surface area contributed by atoms with E-state index in [9.17, 15) is 44.3 Å². The average molecular weight is 536 g/mol. The number of aliphatic carboxylic acids is 1. The largest absolute Gasteiger partial charge is 0.479 e. The van der Waals surface area contributed by atoms with Crippen molar-refractivity contribution in [1.29, 1.82) is 0 Å². The molecule has 36 heavy (non-hydrogen) atoms. The summed E-state index contributed by atoms with van der Waals surface area (Å²) in [6.07, 6.45) is 0.370. The van der Waals surface area contributed by atoms with Gasteiger partial charge in [0.15, 0.2) is 10.7 Å². The number of hydrogen-bond acceptors (Lipinski definition) is 11. The molecule has 1 aromatic carbocycles. The zero-order valence-corrected chi connectivity index (χ0v) is 19.7. The van der Waals surface area contributed by atoms with Crippen molar-refractivity contribution in [2.75, 3.05) is 11.9 Å². The lowest BCUT2D eigenvalue weighted by atomic mass is 9.90. The monoisotopic (exact) mass is 535 g/mol. The molecule has 4 N–H and O–H groups in total. The number of amides is 3. The summed E-state index contributed by atoms with van der Waals surface area (Å²) in [6, 6.07) is 4.25. The molecular formula is C20H17N5O9S2. The van der Waals surface area contributed by atoms with E-state index < -0.39 is 57.3 Å². The molecule has 0 saturated carbocycles.